The number of fused-ring (bicyclic) bond motifs is 2. The van der Waals surface area contributed by atoms with Crippen molar-refractivity contribution in [3.8, 4) is 0 Å². The molecule has 0 saturated carbocycles. The number of rotatable bonds is 3. The topological polar surface area (TPSA) is 78.4 Å². The second-order valence-corrected chi connectivity index (χ2v) is 10.1. The maximum atomic E-state index is 12.8. The molecule has 1 aromatic heterocycles. The number of aromatic nitrogens is 2. The van der Waals surface area contributed by atoms with E-state index < -0.39 is 10.0 Å². The van der Waals surface area contributed by atoms with Crippen molar-refractivity contribution >= 4 is 27.6 Å². The predicted octanol–water partition coefficient (Wildman–Crippen LogP) is 2.34. The summed E-state index contributed by atoms with van der Waals surface area (Å²) in [4.78, 5) is 11.4. The van der Waals surface area contributed by atoms with Gasteiger partial charge in [0.1, 0.15) is 4.90 Å². The van der Waals surface area contributed by atoms with Crippen molar-refractivity contribution in [2.45, 2.75) is 29.7 Å². The number of benzene rings is 1. The van der Waals surface area contributed by atoms with Gasteiger partial charge in [-0.15, -0.1) is 0 Å². The first kappa shape index (κ1) is 19.6. The summed E-state index contributed by atoms with van der Waals surface area (Å²) in [6.45, 7) is 3.04. The van der Waals surface area contributed by atoms with E-state index in [0.717, 1.165) is 37.5 Å². The third-order valence-corrected chi connectivity index (χ3v) is 7.84. The van der Waals surface area contributed by atoms with E-state index in [2.05, 4.69) is 26.3 Å². The first-order valence-corrected chi connectivity index (χ1v) is 11.1. The van der Waals surface area contributed by atoms with Crippen molar-refractivity contribution in [3.05, 3.63) is 46.7 Å². The molecule has 9 heteroatoms. The highest BCUT2D eigenvalue weighted by atomic mass is 35.5. The minimum Gasteiger partial charge on any atom is -0.357 e. The highest BCUT2D eigenvalue weighted by Gasteiger charge is 2.48. The molecule has 150 valence electrons. The van der Waals surface area contributed by atoms with Gasteiger partial charge in [0.05, 0.1) is 11.9 Å². The molecular weight excluding hydrogens is 398 g/mol. The van der Waals surface area contributed by atoms with E-state index in [1.807, 2.05) is 18.2 Å². The lowest BCUT2D eigenvalue weighted by Crippen LogP contribution is -2.53. The van der Waals surface area contributed by atoms with Crippen LogP contribution in [0.2, 0.25) is 5.02 Å². The molecule has 0 bridgehead atoms. The van der Waals surface area contributed by atoms with E-state index in [9.17, 15) is 8.42 Å². The molecule has 2 aliphatic rings. The first-order chi connectivity index (χ1) is 13.3. The molecule has 1 fully saturated rings. The van der Waals surface area contributed by atoms with Gasteiger partial charge >= 0.3 is 0 Å². The van der Waals surface area contributed by atoms with Gasteiger partial charge in [0.15, 0.2) is 0 Å². The number of nitrogens with one attached hydrogen (secondary N) is 1. The molecule has 1 saturated heterocycles. The van der Waals surface area contributed by atoms with E-state index in [-0.39, 0.29) is 10.3 Å². The summed E-state index contributed by atoms with van der Waals surface area (Å²) in [5.74, 6) is 0.458. The number of likely N-dealkylation sites (N-methyl/N-ethyl adjacent to an activating group) is 1. The molecule has 0 radical (unpaired) electrons. The molecule has 28 heavy (non-hydrogen) atoms. The molecule has 0 aliphatic carbocycles. The molecule has 1 aromatic carbocycles. The smallest absolute Gasteiger partial charge is 0.246 e. The first-order valence-electron chi connectivity index (χ1n) is 9.32. The van der Waals surface area contributed by atoms with Crippen LogP contribution in [0.3, 0.4) is 0 Å². The van der Waals surface area contributed by atoms with E-state index in [1.54, 1.807) is 14.1 Å². The van der Waals surface area contributed by atoms with Crippen molar-refractivity contribution in [1.29, 1.82) is 0 Å². The van der Waals surface area contributed by atoms with Crippen LogP contribution in [0.5, 0.6) is 0 Å². The van der Waals surface area contributed by atoms with Crippen LogP contribution in [0.1, 0.15) is 24.1 Å². The Morgan fingerprint density at radius 1 is 1.29 bits per heavy atom. The van der Waals surface area contributed by atoms with Crippen molar-refractivity contribution in [2.24, 2.45) is 0 Å². The monoisotopic (exact) mass is 421 g/mol. The third kappa shape index (κ3) is 3.39. The van der Waals surface area contributed by atoms with Gasteiger partial charge in [-0.25, -0.2) is 18.4 Å². The molecule has 1 spiro atoms. The van der Waals surface area contributed by atoms with Crippen molar-refractivity contribution in [2.75, 3.05) is 39.0 Å². The summed E-state index contributed by atoms with van der Waals surface area (Å²) in [7, 11) is -0.151. The molecule has 0 unspecified atom stereocenters. The minimum absolute atomic E-state index is 0.239. The molecule has 0 atom stereocenters. The van der Waals surface area contributed by atoms with Gasteiger partial charge in [-0.1, -0.05) is 23.7 Å². The number of nitrogens with zero attached hydrogens (tertiary/aromatic N) is 4. The van der Waals surface area contributed by atoms with E-state index in [1.165, 1.54) is 16.1 Å². The molecule has 3 heterocycles. The van der Waals surface area contributed by atoms with Crippen LogP contribution in [0.25, 0.3) is 0 Å². The van der Waals surface area contributed by atoms with Crippen LogP contribution < -0.4 is 5.32 Å². The second-order valence-electron chi connectivity index (χ2n) is 7.60. The zero-order chi connectivity index (χ0) is 19.9. The Labute approximate surface area is 170 Å². The Balaban J connectivity index is 1.61. The number of piperidine rings is 1. The van der Waals surface area contributed by atoms with Crippen molar-refractivity contribution in [1.82, 2.24) is 19.2 Å². The van der Waals surface area contributed by atoms with E-state index in [4.69, 9.17) is 11.6 Å². The van der Waals surface area contributed by atoms with Gasteiger partial charge in [0, 0.05) is 37.6 Å². The molecule has 2 aromatic rings. The fourth-order valence-corrected chi connectivity index (χ4v) is 5.90. The number of anilines is 1. The zero-order valence-corrected chi connectivity index (χ0v) is 17.6. The maximum absolute atomic E-state index is 12.8. The second kappa shape index (κ2) is 7.26. The van der Waals surface area contributed by atoms with Gasteiger partial charge < -0.3 is 5.32 Å². The van der Waals surface area contributed by atoms with Crippen molar-refractivity contribution < 1.29 is 8.42 Å². The highest BCUT2D eigenvalue weighted by Crippen LogP contribution is 2.43. The Hall–Kier alpha value is -1.74. The van der Waals surface area contributed by atoms with Gasteiger partial charge in [0.25, 0.3) is 0 Å². The number of halogens is 1. The Bertz CT molecular complexity index is 990. The van der Waals surface area contributed by atoms with Crippen LogP contribution in [-0.2, 0) is 22.0 Å². The number of likely N-dealkylation sites (tertiary alicyclic amines) is 1. The molecule has 1 N–H and O–H groups in total. The predicted molar refractivity (Wildman–Crippen MR) is 109 cm³/mol. The van der Waals surface area contributed by atoms with Crippen LogP contribution in [0.15, 0.2) is 35.4 Å². The average molecular weight is 422 g/mol. The third-order valence-electron chi connectivity index (χ3n) is 5.80. The summed E-state index contributed by atoms with van der Waals surface area (Å²) in [5, 5.41) is 3.68. The Kier molecular flexibility index (Phi) is 5.07. The van der Waals surface area contributed by atoms with E-state index in [0.29, 0.717) is 18.2 Å². The highest BCUT2D eigenvalue weighted by molar-refractivity contribution is 7.89. The lowest BCUT2D eigenvalue weighted by molar-refractivity contribution is 0.130. The van der Waals surface area contributed by atoms with Gasteiger partial charge in [-0.2, -0.15) is 4.31 Å². The normalized spacial score (nSPS) is 21.4. The minimum atomic E-state index is -3.54. The number of hydrogen-bond donors (Lipinski definition) is 1. The average Bonchev–Trinajstić information content (AvgIpc) is 2.68. The standard InChI is InChI=1S/C19H24ClN5O2S/c1-21-18-22-11-16-17(23-18)19(13-24(2)28(16,26)27)6-8-25(9-7-19)12-14-4-3-5-15(20)10-14/h3-5,10-11H,6-9,12-13H2,1-2H3,(H,21,22,23). The van der Waals surface area contributed by atoms with Crippen LogP contribution in [0.4, 0.5) is 5.95 Å². The van der Waals surface area contributed by atoms with E-state index >= 15 is 0 Å². The van der Waals surface area contributed by atoms with Gasteiger partial charge in [-0.05, 0) is 43.6 Å². The van der Waals surface area contributed by atoms with Gasteiger partial charge in [-0.3, -0.25) is 4.90 Å². The fourth-order valence-electron chi connectivity index (χ4n) is 4.24. The SMILES string of the molecule is CNc1ncc2c(n1)C1(CCN(Cc3cccc(Cl)c3)CC1)CN(C)S2(=O)=O. The quantitative estimate of drug-likeness (QED) is 0.819. The van der Waals surface area contributed by atoms with Crippen LogP contribution in [-0.4, -0.2) is 61.3 Å². The molecule has 4 rings (SSSR count). The zero-order valence-electron chi connectivity index (χ0n) is 16.0. The number of hydrogen-bond acceptors (Lipinski definition) is 6. The molecule has 0 amide bonds. The Morgan fingerprint density at radius 3 is 2.71 bits per heavy atom. The number of sulfonamides is 1. The fraction of sp³-hybridized carbons (Fsp3) is 0.474. The lowest BCUT2D eigenvalue weighted by Gasteiger charge is -2.46. The van der Waals surface area contributed by atoms with Crippen LogP contribution in [0, 0.1) is 0 Å². The summed E-state index contributed by atoms with van der Waals surface area (Å²) >= 11 is 6.11. The van der Waals surface area contributed by atoms with Crippen LogP contribution >= 0.6 is 11.6 Å². The summed E-state index contributed by atoms with van der Waals surface area (Å²) < 4.78 is 27.0. The molecule has 2 aliphatic heterocycles. The van der Waals surface area contributed by atoms with Gasteiger partial charge in [0.2, 0.25) is 16.0 Å². The largest absolute Gasteiger partial charge is 0.357 e. The molecular formula is C19H24ClN5O2S. The summed E-state index contributed by atoms with van der Waals surface area (Å²) in [6, 6.07) is 7.93. The molecule has 7 nitrogen and oxygen atoms in total. The Morgan fingerprint density at radius 2 is 2.04 bits per heavy atom. The lowest BCUT2D eigenvalue weighted by atomic mass is 9.75. The maximum Gasteiger partial charge on any atom is 0.246 e. The summed E-state index contributed by atoms with van der Waals surface area (Å²) in [5.41, 5.74) is 1.56. The summed E-state index contributed by atoms with van der Waals surface area (Å²) in [6.07, 6.45) is 3.14. The van der Waals surface area contributed by atoms with Crippen molar-refractivity contribution in [3.63, 3.8) is 0 Å².